The summed E-state index contributed by atoms with van der Waals surface area (Å²) in [7, 11) is 1.58. The van der Waals surface area contributed by atoms with Gasteiger partial charge in [0.25, 0.3) is 0 Å². The van der Waals surface area contributed by atoms with Gasteiger partial charge in [-0.05, 0) is 54.4 Å². The molecule has 2 aliphatic heterocycles. The maximum atomic E-state index is 10.6. The highest BCUT2D eigenvalue weighted by atomic mass is 16.5. The third-order valence-corrected chi connectivity index (χ3v) is 5.16. The average molecular weight is 305 g/mol. The fraction of sp³-hybridized carbons (Fsp3) is 0.667. The van der Waals surface area contributed by atoms with Gasteiger partial charge in [-0.1, -0.05) is 13.8 Å². The molecule has 0 unspecified atom stereocenters. The Bertz CT molecular complexity index is 543. The molecule has 22 heavy (non-hydrogen) atoms. The average Bonchev–Trinajstić information content (AvgIpc) is 2.47. The van der Waals surface area contributed by atoms with E-state index in [1.54, 1.807) is 7.11 Å². The quantitative estimate of drug-likeness (QED) is 0.901. The van der Waals surface area contributed by atoms with Crippen molar-refractivity contribution in [1.82, 2.24) is 4.90 Å². The van der Waals surface area contributed by atoms with Crippen LogP contribution in [0.25, 0.3) is 0 Å². The van der Waals surface area contributed by atoms with Gasteiger partial charge in [-0.15, -0.1) is 0 Å². The van der Waals surface area contributed by atoms with Crippen LogP contribution >= 0.6 is 0 Å². The van der Waals surface area contributed by atoms with Gasteiger partial charge >= 0.3 is 0 Å². The summed E-state index contributed by atoms with van der Waals surface area (Å²) >= 11 is 0. The van der Waals surface area contributed by atoms with Crippen molar-refractivity contribution in [3.63, 3.8) is 0 Å². The van der Waals surface area contributed by atoms with Crippen LogP contribution in [0.4, 0.5) is 0 Å². The standard InChI is InChI=1S/C18H27NO3/c1-11(2)6-13-10-19-5-4-12-7-17(21)18(22-3)8-14(12)15(19)9-16(13)20/h7-8,11,13,15-16,20-21H,4-6,9-10H2,1-3H3/t13-,15-,16-/m1/s1. The van der Waals surface area contributed by atoms with Gasteiger partial charge in [0, 0.05) is 19.1 Å². The topological polar surface area (TPSA) is 52.9 Å². The number of phenols is 1. The summed E-state index contributed by atoms with van der Waals surface area (Å²) in [5.41, 5.74) is 2.40. The van der Waals surface area contributed by atoms with Crippen LogP contribution < -0.4 is 4.74 Å². The second-order valence-electron chi connectivity index (χ2n) is 7.18. The van der Waals surface area contributed by atoms with Crippen molar-refractivity contribution in [2.24, 2.45) is 11.8 Å². The molecule has 2 aliphatic rings. The Morgan fingerprint density at radius 3 is 2.82 bits per heavy atom. The molecule has 0 aliphatic carbocycles. The summed E-state index contributed by atoms with van der Waals surface area (Å²) in [6, 6.07) is 4.03. The molecule has 4 nitrogen and oxygen atoms in total. The third kappa shape index (κ3) is 2.82. The van der Waals surface area contributed by atoms with Crippen molar-refractivity contribution < 1.29 is 14.9 Å². The number of phenolic OH excluding ortho intramolecular Hbond substituents is 1. The predicted molar refractivity (Wildman–Crippen MR) is 86.2 cm³/mol. The van der Waals surface area contributed by atoms with Crippen LogP contribution in [0.1, 0.15) is 43.9 Å². The summed E-state index contributed by atoms with van der Waals surface area (Å²) in [5, 5.41) is 20.5. The molecule has 3 rings (SSSR count). The molecule has 1 aromatic rings. The molecule has 1 aromatic carbocycles. The number of hydrogen-bond acceptors (Lipinski definition) is 4. The number of aliphatic hydroxyl groups excluding tert-OH is 1. The van der Waals surface area contributed by atoms with Gasteiger partial charge in [-0.2, -0.15) is 0 Å². The first-order valence-electron chi connectivity index (χ1n) is 8.31. The maximum Gasteiger partial charge on any atom is 0.160 e. The summed E-state index contributed by atoms with van der Waals surface area (Å²) in [6.07, 6.45) is 2.57. The van der Waals surface area contributed by atoms with Gasteiger partial charge in [0.1, 0.15) is 0 Å². The molecule has 2 heterocycles. The molecule has 0 amide bonds. The molecule has 0 spiro atoms. The fourth-order valence-corrected chi connectivity index (χ4v) is 4.11. The van der Waals surface area contributed by atoms with Crippen molar-refractivity contribution >= 4 is 0 Å². The minimum absolute atomic E-state index is 0.212. The van der Waals surface area contributed by atoms with E-state index in [0.717, 1.165) is 32.4 Å². The van der Waals surface area contributed by atoms with Gasteiger partial charge in [-0.3, -0.25) is 4.90 Å². The molecule has 0 saturated carbocycles. The fourth-order valence-electron chi connectivity index (χ4n) is 4.11. The minimum atomic E-state index is -0.241. The lowest BCUT2D eigenvalue weighted by molar-refractivity contribution is -0.0191. The van der Waals surface area contributed by atoms with E-state index in [1.165, 1.54) is 11.1 Å². The zero-order valence-electron chi connectivity index (χ0n) is 13.7. The van der Waals surface area contributed by atoms with E-state index in [-0.39, 0.29) is 17.9 Å². The summed E-state index contributed by atoms with van der Waals surface area (Å²) in [6.45, 7) is 6.41. The van der Waals surface area contributed by atoms with Gasteiger partial charge in [0.15, 0.2) is 11.5 Å². The van der Waals surface area contributed by atoms with Gasteiger partial charge in [0.05, 0.1) is 13.2 Å². The molecule has 0 aromatic heterocycles. The van der Waals surface area contributed by atoms with Crippen molar-refractivity contribution in [2.45, 2.75) is 45.3 Å². The van der Waals surface area contributed by atoms with E-state index in [1.807, 2.05) is 12.1 Å². The van der Waals surface area contributed by atoms with Crippen LogP contribution in [-0.2, 0) is 6.42 Å². The second kappa shape index (κ2) is 6.09. The summed E-state index contributed by atoms with van der Waals surface area (Å²) in [5.74, 6) is 1.73. The predicted octanol–water partition coefficient (Wildman–Crippen LogP) is 2.73. The Balaban J connectivity index is 1.86. The molecule has 2 N–H and O–H groups in total. The zero-order valence-corrected chi connectivity index (χ0v) is 13.7. The SMILES string of the molecule is COc1cc2c(cc1O)CCN1C[C@@H](CC(C)C)[C@H](O)C[C@H]21. The molecular weight excluding hydrogens is 278 g/mol. The Morgan fingerprint density at radius 1 is 1.36 bits per heavy atom. The first-order valence-corrected chi connectivity index (χ1v) is 8.31. The smallest absolute Gasteiger partial charge is 0.160 e. The van der Waals surface area contributed by atoms with E-state index in [2.05, 4.69) is 18.7 Å². The molecule has 122 valence electrons. The Kier molecular flexibility index (Phi) is 4.33. The van der Waals surface area contributed by atoms with E-state index in [9.17, 15) is 10.2 Å². The van der Waals surface area contributed by atoms with Gasteiger partial charge < -0.3 is 14.9 Å². The van der Waals surface area contributed by atoms with Crippen molar-refractivity contribution in [1.29, 1.82) is 0 Å². The Labute approximate surface area is 132 Å². The highest BCUT2D eigenvalue weighted by molar-refractivity contribution is 5.48. The van der Waals surface area contributed by atoms with Crippen LogP contribution in [0.2, 0.25) is 0 Å². The highest BCUT2D eigenvalue weighted by Crippen LogP contribution is 2.43. The van der Waals surface area contributed by atoms with Crippen LogP contribution in [0, 0.1) is 11.8 Å². The first kappa shape index (κ1) is 15.6. The number of fused-ring (bicyclic) bond motifs is 3. The minimum Gasteiger partial charge on any atom is -0.504 e. The van der Waals surface area contributed by atoms with Crippen LogP contribution in [-0.4, -0.2) is 41.4 Å². The number of aromatic hydroxyl groups is 1. The lowest BCUT2D eigenvalue weighted by atomic mass is 9.79. The molecule has 0 radical (unpaired) electrons. The van der Waals surface area contributed by atoms with Crippen molar-refractivity contribution in [2.75, 3.05) is 20.2 Å². The van der Waals surface area contributed by atoms with E-state index >= 15 is 0 Å². The van der Waals surface area contributed by atoms with E-state index in [4.69, 9.17) is 4.74 Å². The first-order chi connectivity index (χ1) is 10.5. The third-order valence-electron chi connectivity index (χ3n) is 5.16. The van der Waals surface area contributed by atoms with Crippen LogP contribution in [0.5, 0.6) is 11.5 Å². The number of rotatable bonds is 3. The van der Waals surface area contributed by atoms with Gasteiger partial charge in [0.2, 0.25) is 0 Å². The largest absolute Gasteiger partial charge is 0.504 e. The number of benzene rings is 1. The monoisotopic (exact) mass is 305 g/mol. The second-order valence-corrected chi connectivity index (χ2v) is 7.18. The van der Waals surface area contributed by atoms with Crippen LogP contribution in [0.15, 0.2) is 12.1 Å². The lowest BCUT2D eigenvalue weighted by Crippen LogP contribution is -2.48. The Morgan fingerprint density at radius 2 is 2.14 bits per heavy atom. The zero-order chi connectivity index (χ0) is 15.9. The summed E-state index contributed by atoms with van der Waals surface area (Å²) < 4.78 is 5.26. The molecule has 4 heteroatoms. The normalized spacial score (nSPS) is 28.3. The lowest BCUT2D eigenvalue weighted by Gasteiger charge is -2.46. The number of nitrogens with zero attached hydrogens (tertiary/aromatic N) is 1. The van der Waals surface area contributed by atoms with Gasteiger partial charge in [-0.25, -0.2) is 0 Å². The van der Waals surface area contributed by atoms with E-state index in [0.29, 0.717) is 17.6 Å². The van der Waals surface area contributed by atoms with Crippen LogP contribution in [0.3, 0.4) is 0 Å². The number of ether oxygens (including phenoxy) is 1. The number of piperidine rings is 1. The van der Waals surface area contributed by atoms with Crippen molar-refractivity contribution in [3.8, 4) is 11.5 Å². The van der Waals surface area contributed by atoms with Crippen molar-refractivity contribution in [3.05, 3.63) is 23.3 Å². The summed E-state index contributed by atoms with van der Waals surface area (Å²) in [4.78, 5) is 2.50. The molecular formula is C18H27NO3. The maximum absolute atomic E-state index is 10.6. The number of methoxy groups -OCH3 is 1. The number of aliphatic hydroxyl groups is 1. The molecule has 3 atom stereocenters. The van der Waals surface area contributed by atoms with E-state index < -0.39 is 0 Å². The number of hydrogen-bond donors (Lipinski definition) is 2. The molecule has 1 saturated heterocycles. The molecule has 1 fully saturated rings. The Hall–Kier alpha value is -1.26. The molecule has 0 bridgehead atoms. The highest BCUT2D eigenvalue weighted by Gasteiger charge is 2.38.